The van der Waals surface area contributed by atoms with Crippen molar-refractivity contribution in [1.82, 2.24) is 5.32 Å². The lowest BCUT2D eigenvalue weighted by Gasteiger charge is -2.38. The van der Waals surface area contributed by atoms with Gasteiger partial charge in [-0.3, -0.25) is 4.79 Å². The predicted molar refractivity (Wildman–Crippen MR) is 122 cm³/mol. The highest BCUT2D eigenvalue weighted by atomic mass is 16.5. The van der Waals surface area contributed by atoms with Crippen LogP contribution in [0.4, 0.5) is 0 Å². The van der Waals surface area contributed by atoms with E-state index in [9.17, 15) is 9.59 Å². The third kappa shape index (κ3) is 4.53. The Morgan fingerprint density at radius 1 is 1.09 bits per heavy atom. The summed E-state index contributed by atoms with van der Waals surface area (Å²) in [6.45, 7) is 6.18. The number of ketones is 1. The number of carbonyl (C=O) groups excluding carboxylic acids is 2. The molecule has 0 bridgehead atoms. The molecule has 0 unspecified atom stereocenters. The number of esters is 1. The molecule has 0 fully saturated rings. The molecule has 1 atom stereocenters. The zero-order valence-electron chi connectivity index (χ0n) is 19.6. The molecule has 174 valence electrons. The van der Waals surface area contributed by atoms with Crippen LogP contribution in [0.25, 0.3) is 0 Å². The number of methoxy groups -OCH3 is 2. The van der Waals surface area contributed by atoms with Gasteiger partial charge in [0.15, 0.2) is 5.78 Å². The summed E-state index contributed by atoms with van der Waals surface area (Å²) in [4.78, 5) is 25.9. The Kier molecular flexibility index (Phi) is 6.06. The van der Waals surface area contributed by atoms with E-state index in [2.05, 4.69) is 19.2 Å². The number of Topliss-reactive ketones (excluding diaryl/α,β-unsaturated/α-hetero) is 1. The second-order valence-corrected chi connectivity index (χ2v) is 9.19. The smallest absolute Gasteiger partial charge is 0.336 e. The zero-order chi connectivity index (χ0) is 23.8. The third-order valence-electron chi connectivity index (χ3n) is 6.05. The van der Waals surface area contributed by atoms with E-state index >= 15 is 0 Å². The second kappa shape index (κ2) is 8.81. The number of rotatable bonds is 6. The molecule has 1 aliphatic carbocycles. The summed E-state index contributed by atoms with van der Waals surface area (Å²) >= 11 is 0. The van der Waals surface area contributed by atoms with Crippen LogP contribution in [0.2, 0.25) is 0 Å². The number of hydrogen-bond acceptors (Lipinski definition) is 7. The number of carbonyl (C=O) groups is 2. The molecule has 7 nitrogen and oxygen atoms in total. The summed E-state index contributed by atoms with van der Waals surface area (Å²) in [6.07, 6.45) is 1.12. The van der Waals surface area contributed by atoms with Crippen LogP contribution in [0, 0.1) is 5.41 Å². The van der Waals surface area contributed by atoms with E-state index < -0.39 is 11.9 Å². The number of hydrogen-bond donors (Lipinski definition) is 1. The van der Waals surface area contributed by atoms with Gasteiger partial charge in [-0.25, -0.2) is 4.79 Å². The van der Waals surface area contributed by atoms with Gasteiger partial charge >= 0.3 is 5.97 Å². The number of benzene rings is 1. The van der Waals surface area contributed by atoms with Gasteiger partial charge < -0.3 is 23.9 Å². The molecule has 0 spiro atoms. The molecule has 1 N–H and O–H groups in total. The summed E-state index contributed by atoms with van der Waals surface area (Å²) in [5, 5.41) is 3.29. The summed E-state index contributed by atoms with van der Waals surface area (Å²) in [6, 6.07) is 10.9. The van der Waals surface area contributed by atoms with Crippen LogP contribution in [-0.2, 0) is 20.9 Å². The maximum Gasteiger partial charge on any atom is 0.336 e. The lowest BCUT2D eigenvalue weighted by molar-refractivity contribution is -0.136. The summed E-state index contributed by atoms with van der Waals surface area (Å²) in [7, 11) is 2.95. The summed E-state index contributed by atoms with van der Waals surface area (Å²) in [5.74, 6) is 1.44. The maximum absolute atomic E-state index is 13.2. The van der Waals surface area contributed by atoms with Crippen molar-refractivity contribution in [2.24, 2.45) is 5.41 Å². The molecule has 1 aliphatic heterocycles. The lowest BCUT2D eigenvalue weighted by Crippen LogP contribution is -2.38. The zero-order valence-corrected chi connectivity index (χ0v) is 19.6. The highest BCUT2D eigenvalue weighted by molar-refractivity contribution is 6.03. The van der Waals surface area contributed by atoms with E-state index in [1.54, 1.807) is 13.2 Å². The Bertz CT molecular complexity index is 1140. The van der Waals surface area contributed by atoms with Gasteiger partial charge in [0.25, 0.3) is 0 Å². The highest BCUT2D eigenvalue weighted by Crippen LogP contribution is 2.47. The molecule has 2 aromatic rings. The number of ether oxygens (including phenoxy) is 3. The summed E-state index contributed by atoms with van der Waals surface area (Å²) in [5.41, 5.74) is 2.33. The van der Waals surface area contributed by atoms with Crippen molar-refractivity contribution in [3.63, 3.8) is 0 Å². The predicted octanol–water partition coefficient (Wildman–Crippen LogP) is 4.64. The molecule has 0 saturated heterocycles. The van der Waals surface area contributed by atoms with Crippen molar-refractivity contribution >= 4 is 11.8 Å². The number of dihydropyridines is 1. The fourth-order valence-corrected chi connectivity index (χ4v) is 4.55. The molecule has 4 rings (SSSR count). The van der Waals surface area contributed by atoms with E-state index in [1.807, 2.05) is 37.3 Å². The second-order valence-electron chi connectivity index (χ2n) is 9.19. The SMILES string of the molecule is COC(=O)C1=C(C)NC2=C(C(=O)CC(C)(C)C2)[C@H]1c1ccc(COc2ccc(OC)cc2)o1. The quantitative estimate of drug-likeness (QED) is 0.640. The Labute approximate surface area is 193 Å². The number of allylic oxidation sites excluding steroid dienone is 3. The molecule has 0 saturated carbocycles. The lowest BCUT2D eigenvalue weighted by atomic mass is 9.69. The van der Waals surface area contributed by atoms with Crippen LogP contribution in [0.1, 0.15) is 51.1 Å². The minimum absolute atomic E-state index is 0.0140. The largest absolute Gasteiger partial charge is 0.497 e. The molecule has 0 amide bonds. The molecule has 7 heteroatoms. The van der Waals surface area contributed by atoms with E-state index in [0.29, 0.717) is 47.0 Å². The normalized spacial score (nSPS) is 19.7. The van der Waals surface area contributed by atoms with Crippen molar-refractivity contribution < 1.29 is 28.2 Å². The van der Waals surface area contributed by atoms with Gasteiger partial charge in [-0.05, 0) is 55.2 Å². The third-order valence-corrected chi connectivity index (χ3v) is 6.05. The first-order valence-corrected chi connectivity index (χ1v) is 10.9. The summed E-state index contributed by atoms with van der Waals surface area (Å²) < 4.78 is 22.1. The minimum atomic E-state index is -0.618. The van der Waals surface area contributed by atoms with Gasteiger partial charge in [0.1, 0.15) is 29.6 Å². The molecule has 0 radical (unpaired) electrons. The Hall–Kier alpha value is -3.48. The van der Waals surface area contributed by atoms with E-state index in [-0.39, 0.29) is 17.8 Å². The van der Waals surface area contributed by atoms with Gasteiger partial charge in [0.05, 0.1) is 25.7 Å². The van der Waals surface area contributed by atoms with E-state index in [1.165, 1.54) is 7.11 Å². The first kappa shape index (κ1) is 22.7. The molecule has 33 heavy (non-hydrogen) atoms. The molecule has 2 aliphatic rings. The average Bonchev–Trinajstić information content (AvgIpc) is 3.24. The Morgan fingerprint density at radius 3 is 2.45 bits per heavy atom. The van der Waals surface area contributed by atoms with Crippen LogP contribution in [0.5, 0.6) is 11.5 Å². The monoisotopic (exact) mass is 451 g/mol. The minimum Gasteiger partial charge on any atom is -0.497 e. The number of nitrogens with one attached hydrogen (secondary N) is 1. The average molecular weight is 452 g/mol. The van der Waals surface area contributed by atoms with Crippen LogP contribution in [0.15, 0.2) is 63.4 Å². The van der Waals surface area contributed by atoms with Crippen molar-refractivity contribution in [2.45, 2.75) is 46.1 Å². The Morgan fingerprint density at radius 2 is 1.79 bits per heavy atom. The molecule has 1 aromatic heterocycles. The van der Waals surface area contributed by atoms with Gasteiger partial charge in [-0.15, -0.1) is 0 Å². The van der Waals surface area contributed by atoms with Crippen molar-refractivity contribution in [3.8, 4) is 11.5 Å². The van der Waals surface area contributed by atoms with Crippen LogP contribution in [-0.4, -0.2) is 26.0 Å². The van der Waals surface area contributed by atoms with Crippen molar-refractivity contribution in [3.05, 3.63) is 70.5 Å². The Balaban J connectivity index is 1.64. The van der Waals surface area contributed by atoms with E-state index in [0.717, 1.165) is 11.4 Å². The number of furan rings is 1. The highest BCUT2D eigenvalue weighted by Gasteiger charge is 2.44. The molecule has 2 heterocycles. The molecule has 1 aromatic carbocycles. The maximum atomic E-state index is 13.2. The topological polar surface area (TPSA) is 87.0 Å². The molecular formula is C26H29NO6. The van der Waals surface area contributed by atoms with Gasteiger partial charge in [-0.2, -0.15) is 0 Å². The van der Waals surface area contributed by atoms with Crippen LogP contribution in [0.3, 0.4) is 0 Å². The standard InChI is InChI=1S/C26H29NO6/c1-15-22(25(29)31-5)24(23-19(27-15)12-26(2,3)13-20(23)28)21-11-10-18(33-21)14-32-17-8-6-16(30-4)7-9-17/h6-11,24,27H,12-14H2,1-5H3/t24-/m0/s1. The van der Waals surface area contributed by atoms with Gasteiger partial charge in [0.2, 0.25) is 0 Å². The van der Waals surface area contributed by atoms with Gasteiger partial charge in [-0.1, -0.05) is 13.8 Å². The van der Waals surface area contributed by atoms with Crippen LogP contribution < -0.4 is 14.8 Å². The molecular weight excluding hydrogens is 422 g/mol. The van der Waals surface area contributed by atoms with Gasteiger partial charge in [0, 0.05) is 23.4 Å². The fraction of sp³-hybridized carbons (Fsp3) is 0.385. The van der Waals surface area contributed by atoms with Crippen molar-refractivity contribution in [2.75, 3.05) is 14.2 Å². The van der Waals surface area contributed by atoms with Crippen molar-refractivity contribution in [1.29, 1.82) is 0 Å². The first-order valence-electron chi connectivity index (χ1n) is 10.9. The first-order chi connectivity index (χ1) is 15.7. The van der Waals surface area contributed by atoms with Crippen LogP contribution >= 0.6 is 0 Å². The van der Waals surface area contributed by atoms with E-state index in [4.69, 9.17) is 18.6 Å². The fourth-order valence-electron chi connectivity index (χ4n) is 4.55.